The summed E-state index contributed by atoms with van der Waals surface area (Å²) in [6.07, 6.45) is -3.76. The minimum Gasteiger partial charge on any atom is -0.493 e. The van der Waals surface area contributed by atoms with Crippen LogP contribution < -0.4 is 10.1 Å². The summed E-state index contributed by atoms with van der Waals surface area (Å²) in [5.74, 6) is -4.13. The van der Waals surface area contributed by atoms with E-state index < -0.39 is 42.0 Å². The molecule has 2 N–H and O–H groups in total. The van der Waals surface area contributed by atoms with Crippen LogP contribution in [0, 0.1) is 5.92 Å². The molecule has 0 saturated carbocycles. The van der Waals surface area contributed by atoms with Gasteiger partial charge in [-0.1, -0.05) is 43.7 Å². The van der Waals surface area contributed by atoms with Crippen molar-refractivity contribution in [1.82, 2.24) is 25.0 Å². The molecule has 2 aliphatic heterocycles. The van der Waals surface area contributed by atoms with Gasteiger partial charge in [-0.05, 0) is 31.6 Å². The summed E-state index contributed by atoms with van der Waals surface area (Å²) in [6, 6.07) is 10.7. The molecule has 2 fully saturated rings. The average molecular weight is 706 g/mol. The number of piperazine rings is 1. The number of unbranched alkanes of at least 4 members (excludes halogenated alkanes) is 1. The molecule has 0 bridgehead atoms. The minimum absolute atomic E-state index is 0.0600. The number of carboxylic acid groups (broad SMARTS) is 1. The quantitative estimate of drug-likeness (QED) is 0.294. The molecule has 4 rings (SSSR count). The van der Waals surface area contributed by atoms with Gasteiger partial charge in [0.05, 0.1) is 18.9 Å². The van der Waals surface area contributed by atoms with Gasteiger partial charge in [-0.25, -0.2) is 9.78 Å². The zero-order chi connectivity index (χ0) is 36.3. The van der Waals surface area contributed by atoms with E-state index >= 15 is 0 Å². The highest BCUT2D eigenvalue weighted by molar-refractivity contribution is 5.97. The third-order valence-electron chi connectivity index (χ3n) is 8.55. The Kier molecular flexibility index (Phi) is 13.4. The molecule has 50 heavy (non-hydrogen) atoms. The van der Waals surface area contributed by atoms with Crippen molar-refractivity contribution in [1.29, 1.82) is 0 Å². The van der Waals surface area contributed by atoms with E-state index in [0.29, 0.717) is 30.7 Å². The third-order valence-corrected chi connectivity index (χ3v) is 8.55. The Morgan fingerprint density at radius 3 is 2.24 bits per heavy atom. The molecule has 4 amide bonds. The first-order valence-electron chi connectivity index (χ1n) is 16.6. The van der Waals surface area contributed by atoms with Gasteiger partial charge in [0.2, 0.25) is 5.91 Å². The topological polar surface area (TPSA) is 159 Å². The molecule has 13 nitrogen and oxygen atoms in total. The van der Waals surface area contributed by atoms with Gasteiger partial charge in [0.15, 0.2) is 0 Å². The number of aliphatic carboxylic acids is 1. The third kappa shape index (κ3) is 10.8. The van der Waals surface area contributed by atoms with Crippen LogP contribution in [0.15, 0.2) is 42.5 Å². The first kappa shape index (κ1) is 37.9. The fourth-order valence-electron chi connectivity index (χ4n) is 5.64. The number of likely N-dealkylation sites (tertiary alicyclic amines) is 1. The van der Waals surface area contributed by atoms with E-state index in [0.717, 1.165) is 17.7 Å². The van der Waals surface area contributed by atoms with Crippen molar-refractivity contribution < 1.29 is 51.7 Å². The Bertz CT molecular complexity index is 1490. The Morgan fingerprint density at radius 2 is 1.62 bits per heavy atom. The lowest BCUT2D eigenvalue weighted by Gasteiger charge is -2.36. The molecule has 0 aliphatic carbocycles. The van der Waals surface area contributed by atoms with E-state index in [4.69, 9.17) is 9.47 Å². The number of alkyl halides is 3. The van der Waals surface area contributed by atoms with Gasteiger partial charge in [0.25, 0.3) is 5.91 Å². The number of carboxylic acids is 1. The van der Waals surface area contributed by atoms with Crippen molar-refractivity contribution in [3.63, 3.8) is 0 Å². The average Bonchev–Trinajstić information content (AvgIpc) is 3.12. The number of carbonyl (C=O) groups excluding carboxylic acids is 4. The number of hydrogen-bond acceptors (Lipinski definition) is 8. The maximum absolute atomic E-state index is 13.6. The molecule has 2 aromatic rings. The van der Waals surface area contributed by atoms with Gasteiger partial charge in [0.1, 0.15) is 17.5 Å². The van der Waals surface area contributed by atoms with Crippen molar-refractivity contribution in [3.05, 3.63) is 48.2 Å². The molecule has 0 radical (unpaired) electrons. The summed E-state index contributed by atoms with van der Waals surface area (Å²) in [4.78, 5) is 70.8. The van der Waals surface area contributed by atoms with Gasteiger partial charge < -0.3 is 34.6 Å². The highest BCUT2D eigenvalue weighted by atomic mass is 19.4. The molecule has 1 atom stereocenters. The largest absolute Gasteiger partial charge is 0.493 e. The molecule has 1 aromatic heterocycles. The Labute approximate surface area is 287 Å². The molecule has 1 aromatic carbocycles. The predicted molar refractivity (Wildman–Crippen MR) is 173 cm³/mol. The fraction of sp³-hybridized carbons (Fsp3) is 0.529. The van der Waals surface area contributed by atoms with Crippen molar-refractivity contribution in [2.24, 2.45) is 5.92 Å². The Morgan fingerprint density at radius 1 is 0.960 bits per heavy atom. The summed E-state index contributed by atoms with van der Waals surface area (Å²) in [5, 5.41) is 12.0. The second-order valence-corrected chi connectivity index (χ2v) is 12.2. The summed E-state index contributed by atoms with van der Waals surface area (Å²) in [7, 11) is 0. The Balaban J connectivity index is 1.45. The SMILES string of the molecule is CCCCOC(=O)N1CCN(C(=O)[C@H](CCC(=O)O)NC(=O)c2cc(OCC3CCN(C(=O)C(F)(F)F)CC3)cc(-c3ccccc3)n2)CC1. The monoisotopic (exact) mass is 705 g/mol. The zero-order valence-electron chi connectivity index (χ0n) is 27.8. The number of pyridine rings is 1. The number of hydrogen-bond donors (Lipinski definition) is 2. The van der Waals surface area contributed by atoms with Crippen LogP contribution in [0.25, 0.3) is 11.3 Å². The number of halogens is 3. The normalized spacial score (nSPS) is 16.0. The number of aromatic nitrogens is 1. The van der Waals surface area contributed by atoms with Crippen LogP contribution in [0.1, 0.15) is 55.9 Å². The van der Waals surface area contributed by atoms with E-state index in [2.05, 4.69) is 10.3 Å². The summed E-state index contributed by atoms with van der Waals surface area (Å²) < 4.78 is 49.8. The van der Waals surface area contributed by atoms with Crippen LogP contribution in [-0.2, 0) is 19.1 Å². The zero-order valence-corrected chi connectivity index (χ0v) is 27.8. The van der Waals surface area contributed by atoms with Crippen molar-refractivity contribution in [2.75, 3.05) is 52.5 Å². The molecule has 272 valence electrons. The van der Waals surface area contributed by atoms with Crippen LogP contribution in [-0.4, -0.2) is 119 Å². The first-order chi connectivity index (χ1) is 23.8. The fourth-order valence-corrected chi connectivity index (χ4v) is 5.64. The second-order valence-electron chi connectivity index (χ2n) is 12.2. The lowest BCUT2D eigenvalue weighted by atomic mass is 9.97. The van der Waals surface area contributed by atoms with Crippen molar-refractivity contribution >= 4 is 29.8 Å². The molecular formula is C34H42F3N5O8. The molecule has 3 heterocycles. The highest BCUT2D eigenvalue weighted by Crippen LogP contribution is 2.27. The molecule has 2 saturated heterocycles. The molecule has 0 unspecified atom stereocenters. The van der Waals surface area contributed by atoms with E-state index in [9.17, 15) is 42.3 Å². The number of piperidine rings is 1. The molecule has 2 aliphatic rings. The molecular weight excluding hydrogens is 663 g/mol. The number of amides is 4. The van der Waals surface area contributed by atoms with Gasteiger partial charge in [-0.2, -0.15) is 13.2 Å². The summed E-state index contributed by atoms with van der Waals surface area (Å²) >= 11 is 0. The lowest BCUT2D eigenvalue weighted by molar-refractivity contribution is -0.186. The van der Waals surface area contributed by atoms with Crippen molar-refractivity contribution in [3.8, 4) is 17.0 Å². The lowest BCUT2D eigenvalue weighted by Crippen LogP contribution is -2.56. The van der Waals surface area contributed by atoms with Gasteiger partial charge >= 0.3 is 24.1 Å². The predicted octanol–water partition coefficient (Wildman–Crippen LogP) is 3.97. The van der Waals surface area contributed by atoms with Crippen molar-refractivity contribution in [2.45, 2.75) is 57.7 Å². The number of nitrogens with one attached hydrogen (secondary N) is 1. The number of benzene rings is 1. The summed E-state index contributed by atoms with van der Waals surface area (Å²) in [6.45, 7) is 3.05. The van der Waals surface area contributed by atoms with Crippen LogP contribution in [0.5, 0.6) is 5.75 Å². The van der Waals surface area contributed by atoms with Crippen LogP contribution in [0.3, 0.4) is 0 Å². The van der Waals surface area contributed by atoms with Crippen LogP contribution in [0.2, 0.25) is 0 Å². The van der Waals surface area contributed by atoms with Gasteiger partial charge in [-0.15, -0.1) is 0 Å². The van der Waals surface area contributed by atoms with E-state index in [1.807, 2.05) is 6.92 Å². The second kappa shape index (κ2) is 17.7. The highest BCUT2D eigenvalue weighted by Gasteiger charge is 2.43. The standard InChI is InChI=1S/C34H42F3N5O8/c1-2-3-19-49-33(48)42-17-15-40(16-18-42)31(46)26(9-10-29(43)44)39-30(45)28-21-25(20-27(38-28)24-7-5-4-6-8-24)50-22-23-11-13-41(14-12-23)32(47)34(35,36)37/h4-8,20-21,23,26H,2-3,9-19,22H2,1H3,(H,39,45)(H,43,44)/t26-/m0/s1. The van der Waals surface area contributed by atoms with E-state index in [-0.39, 0.29) is 76.1 Å². The van der Waals surface area contributed by atoms with Crippen LogP contribution in [0.4, 0.5) is 18.0 Å². The van der Waals surface area contributed by atoms with Gasteiger partial charge in [-0.3, -0.25) is 19.2 Å². The minimum atomic E-state index is -4.93. The van der Waals surface area contributed by atoms with E-state index in [1.165, 1.54) is 15.9 Å². The molecule has 16 heteroatoms. The van der Waals surface area contributed by atoms with Crippen LogP contribution >= 0.6 is 0 Å². The first-order valence-corrected chi connectivity index (χ1v) is 16.6. The summed E-state index contributed by atoms with van der Waals surface area (Å²) in [5.41, 5.74) is 0.949. The number of nitrogens with zero attached hydrogens (tertiary/aromatic N) is 4. The van der Waals surface area contributed by atoms with E-state index in [1.54, 1.807) is 36.4 Å². The number of carbonyl (C=O) groups is 5. The maximum atomic E-state index is 13.6. The number of rotatable bonds is 13. The molecule has 0 spiro atoms. The maximum Gasteiger partial charge on any atom is 0.471 e. The smallest absolute Gasteiger partial charge is 0.471 e. The Hall–Kier alpha value is -4.89. The van der Waals surface area contributed by atoms with Gasteiger partial charge in [0, 0.05) is 63.4 Å². The number of ether oxygens (including phenoxy) is 2.